The van der Waals surface area contributed by atoms with Crippen LogP contribution in [0.2, 0.25) is 0 Å². The van der Waals surface area contributed by atoms with Crippen molar-refractivity contribution < 1.29 is 9.90 Å². The van der Waals surface area contributed by atoms with Gasteiger partial charge in [0.1, 0.15) is 0 Å². The zero-order valence-corrected chi connectivity index (χ0v) is 12.1. The van der Waals surface area contributed by atoms with E-state index in [1.807, 2.05) is 4.90 Å². The molecule has 2 amide bonds. The topological polar surface area (TPSA) is 52.6 Å². The summed E-state index contributed by atoms with van der Waals surface area (Å²) in [6.45, 7) is 5.03. The first-order valence-corrected chi connectivity index (χ1v) is 7.84. The number of carbonyl (C=O) groups excluding carboxylic acids is 1. The molecule has 2 N–H and O–H groups in total. The van der Waals surface area contributed by atoms with Gasteiger partial charge >= 0.3 is 6.03 Å². The number of aliphatic hydroxyl groups is 1. The number of hydrogen-bond donors (Lipinski definition) is 2. The fourth-order valence-electron chi connectivity index (χ4n) is 3.34. The van der Waals surface area contributed by atoms with Gasteiger partial charge in [0.15, 0.2) is 0 Å². The van der Waals surface area contributed by atoms with E-state index in [2.05, 4.69) is 12.2 Å². The molecule has 2 aliphatic rings. The van der Waals surface area contributed by atoms with Gasteiger partial charge in [-0.1, -0.05) is 19.8 Å². The van der Waals surface area contributed by atoms with Crippen molar-refractivity contribution in [3.63, 3.8) is 0 Å². The number of amides is 2. The van der Waals surface area contributed by atoms with Crippen LogP contribution in [0.25, 0.3) is 0 Å². The van der Waals surface area contributed by atoms with Crippen molar-refractivity contribution in [1.29, 1.82) is 0 Å². The van der Waals surface area contributed by atoms with Crippen molar-refractivity contribution >= 4 is 6.03 Å². The van der Waals surface area contributed by atoms with Gasteiger partial charge in [-0.15, -0.1) is 0 Å². The minimum absolute atomic E-state index is 0.0918. The van der Waals surface area contributed by atoms with E-state index in [4.69, 9.17) is 0 Å². The summed E-state index contributed by atoms with van der Waals surface area (Å²) in [7, 11) is 0. The van der Waals surface area contributed by atoms with Crippen LogP contribution in [0.3, 0.4) is 0 Å². The fourth-order valence-corrected chi connectivity index (χ4v) is 3.34. The Kier molecular flexibility index (Phi) is 5.49. The molecule has 0 spiro atoms. The average molecular weight is 268 g/mol. The Morgan fingerprint density at radius 1 is 1.16 bits per heavy atom. The Hall–Kier alpha value is -0.770. The molecule has 2 fully saturated rings. The van der Waals surface area contributed by atoms with E-state index in [1.54, 1.807) is 0 Å². The maximum absolute atomic E-state index is 12.1. The van der Waals surface area contributed by atoms with Gasteiger partial charge in [0, 0.05) is 26.2 Å². The molecule has 1 aliphatic carbocycles. The predicted octanol–water partition coefficient (Wildman–Crippen LogP) is 2.23. The molecular formula is C15H28N2O2. The zero-order valence-electron chi connectivity index (χ0n) is 12.1. The maximum Gasteiger partial charge on any atom is 0.317 e. The van der Waals surface area contributed by atoms with Crippen LogP contribution in [0.4, 0.5) is 4.79 Å². The lowest BCUT2D eigenvalue weighted by Crippen LogP contribution is -2.46. The second-order valence-corrected chi connectivity index (χ2v) is 6.34. The molecule has 0 aromatic heterocycles. The Morgan fingerprint density at radius 2 is 1.79 bits per heavy atom. The summed E-state index contributed by atoms with van der Waals surface area (Å²) >= 11 is 0. The summed E-state index contributed by atoms with van der Waals surface area (Å²) in [6, 6.07) is 0.0918. The highest BCUT2D eigenvalue weighted by Gasteiger charge is 2.26. The van der Waals surface area contributed by atoms with Gasteiger partial charge in [0.25, 0.3) is 0 Å². The molecule has 1 saturated carbocycles. The maximum atomic E-state index is 12.1. The molecule has 110 valence electrons. The first-order valence-electron chi connectivity index (χ1n) is 7.84. The SMILES string of the molecule is CC1CCN(C(=O)NCC2CCCCC2CO)CC1. The van der Waals surface area contributed by atoms with Crippen molar-refractivity contribution in [2.24, 2.45) is 17.8 Å². The molecule has 0 aromatic rings. The highest BCUT2D eigenvalue weighted by atomic mass is 16.3. The number of piperidine rings is 1. The van der Waals surface area contributed by atoms with Gasteiger partial charge in [-0.2, -0.15) is 0 Å². The molecule has 2 unspecified atom stereocenters. The van der Waals surface area contributed by atoms with Crippen LogP contribution >= 0.6 is 0 Å². The van der Waals surface area contributed by atoms with Crippen LogP contribution < -0.4 is 5.32 Å². The number of urea groups is 1. The van der Waals surface area contributed by atoms with E-state index in [0.29, 0.717) is 11.8 Å². The van der Waals surface area contributed by atoms with Crippen molar-refractivity contribution in [2.45, 2.75) is 45.4 Å². The largest absolute Gasteiger partial charge is 0.396 e. The predicted molar refractivity (Wildman–Crippen MR) is 75.9 cm³/mol. The zero-order chi connectivity index (χ0) is 13.7. The van der Waals surface area contributed by atoms with Crippen LogP contribution in [-0.2, 0) is 0 Å². The van der Waals surface area contributed by atoms with Gasteiger partial charge < -0.3 is 15.3 Å². The van der Waals surface area contributed by atoms with E-state index in [9.17, 15) is 9.90 Å². The number of aliphatic hydroxyl groups excluding tert-OH is 1. The highest BCUT2D eigenvalue weighted by molar-refractivity contribution is 5.74. The van der Waals surface area contributed by atoms with Crippen molar-refractivity contribution in [2.75, 3.05) is 26.2 Å². The van der Waals surface area contributed by atoms with E-state index >= 15 is 0 Å². The summed E-state index contributed by atoms with van der Waals surface area (Å²) in [5, 5.41) is 12.5. The lowest BCUT2D eigenvalue weighted by atomic mass is 9.80. The van der Waals surface area contributed by atoms with Crippen molar-refractivity contribution in [1.82, 2.24) is 10.2 Å². The fraction of sp³-hybridized carbons (Fsp3) is 0.933. The summed E-state index contributed by atoms with van der Waals surface area (Å²) < 4.78 is 0. The minimum Gasteiger partial charge on any atom is -0.396 e. The summed E-state index contributed by atoms with van der Waals surface area (Å²) in [6.07, 6.45) is 6.95. The van der Waals surface area contributed by atoms with Crippen molar-refractivity contribution in [3.05, 3.63) is 0 Å². The van der Waals surface area contributed by atoms with E-state index < -0.39 is 0 Å². The molecule has 19 heavy (non-hydrogen) atoms. The molecule has 1 heterocycles. The minimum atomic E-state index is 0.0918. The van der Waals surface area contributed by atoms with Crippen molar-refractivity contribution in [3.8, 4) is 0 Å². The number of rotatable bonds is 3. The first kappa shape index (κ1) is 14.6. The Bertz CT molecular complexity index is 288. The highest BCUT2D eigenvalue weighted by Crippen LogP contribution is 2.29. The molecule has 4 heteroatoms. The van der Waals surface area contributed by atoms with Gasteiger partial charge in [-0.25, -0.2) is 4.79 Å². The van der Waals surface area contributed by atoms with E-state index in [0.717, 1.165) is 51.2 Å². The van der Waals surface area contributed by atoms with Crippen LogP contribution in [0.1, 0.15) is 45.4 Å². The molecule has 4 nitrogen and oxygen atoms in total. The van der Waals surface area contributed by atoms with Gasteiger partial charge in [-0.3, -0.25) is 0 Å². The Labute approximate surface area is 116 Å². The monoisotopic (exact) mass is 268 g/mol. The molecule has 0 aromatic carbocycles. The molecule has 1 saturated heterocycles. The van der Waals surface area contributed by atoms with Gasteiger partial charge in [0.2, 0.25) is 0 Å². The third-order valence-corrected chi connectivity index (χ3v) is 4.89. The van der Waals surface area contributed by atoms with Gasteiger partial charge in [-0.05, 0) is 43.4 Å². The van der Waals surface area contributed by atoms with Crippen LogP contribution in [0.5, 0.6) is 0 Å². The summed E-state index contributed by atoms with van der Waals surface area (Å²) in [5.41, 5.74) is 0. The second kappa shape index (κ2) is 7.13. The second-order valence-electron chi connectivity index (χ2n) is 6.34. The lowest BCUT2D eigenvalue weighted by molar-refractivity contribution is 0.129. The molecule has 2 atom stereocenters. The molecule has 1 aliphatic heterocycles. The van der Waals surface area contributed by atoms with E-state index in [1.165, 1.54) is 12.8 Å². The third-order valence-electron chi connectivity index (χ3n) is 4.89. The smallest absolute Gasteiger partial charge is 0.317 e. The number of nitrogens with zero attached hydrogens (tertiary/aromatic N) is 1. The third kappa shape index (κ3) is 4.10. The molecule has 2 rings (SSSR count). The van der Waals surface area contributed by atoms with Crippen LogP contribution in [0, 0.1) is 17.8 Å². The first-order chi connectivity index (χ1) is 9.20. The average Bonchev–Trinajstić information content (AvgIpc) is 2.45. The summed E-state index contributed by atoms with van der Waals surface area (Å²) in [4.78, 5) is 14.0. The summed E-state index contributed by atoms with van der Waals surface area (Å²) in [5.74, 6) is 1.60. The number of hydrogen-bond acceptors (Lipinski definition) is 2. The number of nitrogens with one attached hydrogen (secondary N) is 1. The quantitative estimate of drug-likeness (QED) is 0.824. The number of carbonyl (C=O) groups is 1. The van der Waals surface area contributed by atoms with E-state index in [-0.39, 0.29) is 12.6 Å². The number of likely N-dealkylation sites (tertiary alicyclic amines) is 1. The normalized spacial score (nSPS) is 29.3. The van der Waals surface area contributed by atoms with Crippen LogP contribution in [-0.4, -0.2) is 42.3 Å². The van der Waals surface area contributed by atoms with Gasteiger partial charge in [0.05, 0.1) is 0 Å². The van der Waals surface area contributed by atoms with Crippen LogP contribution in [0.15, 0.2) is 0 Å². The molecular weight excluding hydrogens is 240 g/mol. The Balaban J connectivity index is 1.73. The lowest BCUT2D eigenvalue weighted by Gasteiger charge is -2.33. The Morgan fingerprint density at radius 3 is 2.42 bits per heavy atom. The molecule has 0 radical (unpaired) electrons. The standard InChI is InChI=1S/C15H28N2O2/c1-12-6-8-17(9-7-12)15(19)16-10-13-4-2-3-5-14(13)11-18/h12-14,18H,2-11H2,1H3,(H,16,19). The molecule has 0 bridgehead atoms.